The van der Waals surface area contributed by atoms with Crippen LogP contribution in [-0.2, 0) is 11.3 Å². The van der Waals surface area contributed by atoms with Gasteiger partial charge in [-0.1, -0.05) is 48.5 Å². The number of para-hydroxylation sites is 1. The van der Waals surface area contributed by atoms with Crippen LogP contribution in [0.5, 0.6) is 0 Å². The Morgan fingerprint density at radius 2 is 1.76 bits per heavy atom. The molecule has 3 amide bonds. The van der Waals surface area contributed by atoms with Crippen molar-refractivity contribution in [3.63, 3.8) is 0 Å². The fourth-order valence-corrected chi connectivity index (χ4v) is 4.24. The highest BCUT2D eigenvalue weighted by atomic mass is 19.1. The summed E-state index contributed by atoms with van der Waals surface area (Å²) in [5.41, 5.74) is 3.99. The first-order valence-corrected chi connectivity index (χ1v) is 11.8. The van der Waals surface area contributed by atoms with Crippen molar-refractivity contribution in [3.05, 3.63) is 125 Å². The minimum atomic E-state index is -1.30. The highest BCUT2D eigenvalue weighted by Crippen LogP contribution is 2.30. The summed E-state index contributed by atoms with van der Waals surface area (Å²) in [7, 11) is 0. The molecule has 0 fully saturated rings. The van der Waals surface area contributed by atoms with Gasteiger partial charge in [0.2, 0.25) is 6.17 Å². The molecule has 1 unspecified atom stereocenters. The Balaban J connectivity index is 1.57. The fourth-order valence-electron chi connectivity index (χ4n) is 4.24. The maximum absolute atomic E-state index is 15.0. The van der Waals surface area contributed by atoms with E-state index in [2.05, 4.69) is 20.6 Å². The van der Waals surface area contributed by atoms with Crippen LogP contribution in [0.15, 0.2) is 102 Å². The Hall–Kier alpha value is -4.85. The van der Waals surface area contributed by atoms with E-state index >= 15 is 0 Å². The number of anilines is 2. The molecule has 8 heteroatoms. The lowest BCUT2D eigenvalue weighted by atomic mass is 9.99. The maximum Gasteiger partial charge on any atom is 0.321 e. The molecular weight excluding hydrogens is 469 g/mol. The molecule has 184 valence electrons. The number of fused-ring (bicyclic) bond motifs is 1. The molecule has 3 aromatic carbocycles. The average Bonchev–Trinajstić information content (AvgIpc) is 3.00. The van der Waals surface area contributed by atoms with Crippen molar-refractivity contribution < 1.29 is 14.0 Å². The van der Waals surface area contributed by atoms with Crippen LogP contribution in [0.3, 0.4) is 0 Å². The lowest BCUT2D eigenvalue weighted by molar-refractivity contribution is -0.120. The lowest BCUT2D eigenvalue weighted by Crippen LogP contribution is -2.48. The molecule has 1 aromatic heterocycles. The molecule has 0 aliphatic carbocycles. The summed E-state index contributed by atoms with van der Waals surface area (Å²) >= 11 is 0. The zero-order valence-corrected chi connectivity index (χ0v) is 20.1. The third kappa shape index (κ3) is 5.23. The summed E-state index contributed by atoms with van der Waals surface area (Å²) in [5.74, 6) is -0.936. The number of aryl methyl sites for hydroxylation is 1. The van der Waals surface area contributed by atoms with E-state index < -0.39 is 23.9 Å². The van der Waals surface area contributed by atoms with Crippen LogP contribution in [0.4, 0.5) is 20.6 Å². The molecule has 1 aliphatic heterocycles. The molecule has 1 atom stereocenters. The largest absolute Gasteiger partial charge is 0.321 e. The number of aliphatic imine (C=N–C) groups is 1. The van der Waals surface area contributed by atoms with Gasteiger partial charge in [0.1, 0.15) is 5.82 Å². The molecule has 0 saturated heterocycles. The summed E-state index contributed by atoms with van der Waals surface area (Å²) in [5, 5.41) is 5.43. The number of benzene rings is 3. The van der Waals surface area contributed by atoms with Gasteiger partial charge in [-0.15, -0.1) is 0 Å². The van der Waals surface area contributed by atoms with Crippen LogP contribution >= 0.6 is 0 Å². The quantitative estimate of drug-likeness (QED) is 0.407. The van der Waals surface area contributed by atoms with E-state index in [0.717, 1.165) is 11.1 Å². The van der Waals surface area contributed by atoms with E-state index in [1.807, 2.05) is 31.2 Å². The first-order chi connectivity index (χ1) is 18.0. The second-order valence-corrected chi connectivity index (χ2v) is 8.63. The van der Waals surface area contributed by atoms with Crippen LogP contribution in [0, 0.1) is 12.7 Å². The zero-order chi connectivity index (χ0) is 25.8. The van der Waals surface area contributed by atoms with Crippen LogP contribution in [-0.4, -0.2) is 28.8 Å². The van der Waals surface area contributed by atoms with Crippen LogP contribution in [0.1, 0.15) is 22.3 Å². The van der Waals surface area contributed by atoms with E-state index in [9.17, 15) is 14.0 Å². The predicted octanol–water partition coefficient (Wildman–Crippen LogP) is 5.06. The van der Waals surface area contributed by atoms with Gasteiger partial charge in [0.05, 0.1) is 17.9 Å². The number of pyridine rings is 1. The monoisotopic (exact) mass is 493 g/mol. The van der Waals surface area contributed by atoms with Crippen molar-refractivity contribution in [1.82, 2.24) is 10.3 Å². The summed E-state index contributed by atoms with van der Waals surface area (Å²) in [4.78, 5) is 37.1. The first-order valence-electron chi connectivity index (χ1n) is 11.8. The molecule has 5 rings (SSSR count). The number of benzodiazepines with no additional fused rings is 1. The normalized spacial score (nSPS) is 14.9. The third-order valence-corrected chi connectivity index (χ3v) is 5.94. The van der Waals surface area contributed by atoms with Crippen molar-refractivity contribution >= 4 is 29.0 Å². The molecule has 2 heterocycles. The number of amides is 3. The molecule has 7 nitrogen and oxygen atoms in total. The van der Waals surface area contributed by atoms with Gasteiger partial charge in [-0.3, -0.25) is 9.78 Å². The zero-order valence-electron chi connectivity index (χ0n) is 20.1. The number of hydrogen-bond donors (Lipinski definition) is 2. The summed E-state index contributed by atoms with van der Waals surface area (Å²) in [6.07, 6.45) is 2.02. The van der Waals surface area contributed by atoms with Gasteiger partial charge in [-0.25, -0.2) is 14.2 Å². The Morgan fingerprint density at radius 3 is 2.51 bits per heavy atom. The van der Waals surface area contributed by atoms with E-state index in [4.69, 9.17) is 0 Å². The van der Waals surface area contributed by atoms with Crippen molar-refractivity contribution in [2.24, 2.45) is 4.99 Å². The number of halogens is 1. The molecule has 0 radical (unpaired) electrons. The Kier molecular flexibility index (Phi) is 6.72. The number of rotatable bonds is 5. The molecule has 2 N–H and O–H groups in total. The minimum absolute atomic E-state index is 0.196. The lowest BCUT2D eigenvalue weighted by Gasteiger charge is -2.25. The summed E-state index contributed by atoms with van der Waals surface area (Å²) in [6.45, 7) is 2.11. The highest BCUT2D eigenvalue weighted by molar-refractivity contribution is 6.20. The smallest absolute Gasteiger partial charge is 0.308 e. The molecule has 0 saturated carbocycles. The second-order valence-electron chi connectivity index (χ2n) is 8.63. The fraction of sp³-hybridized carbons (Fsp3) is 0.103. The molecule has 1 aliphatic rings. The Labute approximate surface area is 213 Å². The third-order valence-electron chi connectivity index (χ3n) is 5.94. The molecule has 4 aromatic rings. The molecule has 37 heavy (non-hydrogen) atoms. The van der Waals surface area contributed by atoms with Crippen LogP contribution < -0.4 is 15.5 Å². The number of hydrogen-bond acceptors (Lipinski definition) is 4. The van der Waals surface area contributed by atoms with Crippen molar-refractivity contribution in [3.8, 4) is 0 Å². The van der Waals surface area contributed by atoms with Crippen molar-refractivity contribution in [2.75, 3.05) is 10.2 Å². The topological polar surface area (TPSA) is 86.7 Å². The second kappa shape index (κ2) is 10.4. The number of nitrogens with zero attached hydrogens (tertiary/aromatic N) is 3. The van der Waals surface area contributed by atoms with E-state index in [-0.39, 0.29) is 17.8 Å². The Morgan fingerprint density at radius 1 is 0.973 bits per heavy atom. The van der Waals surface area contributed by atoms with Crippen molar-refractivity contribution in [1.29, 1.82) is 0 Å². The van der Waals surface area contributed by atoms with Gasteiger partial charge in [-0.2, -0.15) is 0 Å². The van der Waals surface area contributed by atoms with Gasteiger partial charge in [0.25, 0.3) is 5.91 Å². The van der Waals surface area contributed by atoms with E-state index in [1.165, 1.54) is 6.07 Å². The standard InChI is InChI=1S/C29H24FN5O2/c1-19-8-6-10-21(16-19)32-29(37)34-27-28(36)35(18-20-9-7-15-31-17-20)25-14-5-3-12-23(25)26(33-27)22-11-2-4-13-24(22)30/h2-17,27H,18H2,1H3,(H2,32,34,37). The van der Waals surface area contributed by atoms with Gasteiger partial charge in [-0.05, 0) is 54.4 Å². The average molecular weight is 494 g/mol. The SMILES string of the molecule is Cc1cccc(NC(=O)NC2N=C(c3ccccc3F)c3ccccc3N(Cc3cccnc3)C2=O)c1. The number of urea groups is 1. The Bertz CT molecular complexity index is 1490. The molecule has 0 bridgehead atoms. The summed E-state index contributed by atoms with van der Waals surface area (Å²) in [6, 6.07) is 23.8. The number of carbonyl (C=O) groups is 2. The van der Waals surface area contributed by atoms with Gasteiger partial charge in [0, 0.05) is 29.2 Å². The van der Waals surface area contributed by atoms with Gasteiger partial charge in [0.15, 0.2) is 0 Å². The number of aromatic nitrogens is 1. The number of carbonyl (C=O) groups excluding carboxylic acids is 2. The van der Waals surface area contributed by atoms with Crippen LogP contribution in [0.25, 0.3) is 0 Å². The molecular formula is C29H24FN5O2. The summed E-state index contributed by atoms with van der Waals surface area (Å²) < 4.78 is 15.0. The van der Waals surface area contributed by atoms with E-state index in [1.54, 1.807) is 71.9 Å². The van der Waals surface area contributed by atoms with Gasteiger partial charge < -0.3 is 15.5 Å². The highest BCUT2D eigenvalue weighted by Gasteiger charge is 2.33. The number of nitrogens with one attached hydrogen (secondary N) is 2. The predicted molar refractivity (Wildman–Crippen MR) is 141 cm³/mol. The van der Waals surface area contributed by atoms with E-state index in [0.29, 0.717) is 16.9 Å². The molecule has 0 spiro atoms. The van der Waals surface area contributed by atoms with Crippen molar-refractivity contribution in [2.45, 2.75) is 19.6 Å². The van der Waals surface area contributed by atoms with Gasteiger partial charge >= 0.3 is 6.03 Å². The van der Waals surface area contributed by atoms with Crippen LogP contribution in [0.2, 0.25) is 0 Å². The minimum Gasteiger partial charge on any atom is -0.308 e. The first kappa shape index (κ1) is 23.9. The maximum atomic E-state index is 15.0.